The van der Waals surface area contributed by atoms with Crippen molar-refractivity contribution in [2.45, 2.75) is 50.7 Å². The minimum Gasteiger partial charge on any atom is -0.307 e. The standard InChI is InChI=1S/C16H23ClN2/c1-12(13-4-6-14(17)7-5-13)18-15-8-10-19-9-2-3-16(19)11-15/h4-7,12,15-16,18H,2-3,8-11H2,1H3. The van der Waals surface area contributed by atoms with Crippen LogP contribution in [0.3, 0.4) is 0 Å². The van der Waals surface area contributed by atoms with Gasteiger partial charge in [-0.15, -0.1) is 0 Å². The highest BCUT2D eigenvalue weighted by Crippen LogP contribution is 2.28. The molecular formula is C16H23ClN2. The maximum absolute atomic E-state index is 5.94. The average Bonchev–Trinajstić information content (AvgIpc) is 2.87. The summed E-state index contributed by atoms with van der Waals surface area (Å²) in [5, 5.41) is 4.61. The van der Waals surface area contributed by atoms with Crippen molar-refractivity contribution in [1.82, 2.24) is 10.2 Å². The highest BCUT2D eigenvalue weighted by Gasteiger charge is 2.31. The molecule has 0 saturated carbocycles. The molecule has 2 saturated heterocycles. The average molecular weight is 279 g/mol. The van der Waals surface area contributed by atoms with E-state index in [1.165, 1.54) is 44.3 Å². The van der Waals surface area contributed by atoms with Gasteiger partial charge >= 0.3 is 0 Å². The quantitative estimate of drug-likeness (QED) is 0.909. The molecule has 2 aliphatic rings. The first-order chi connectivity index (χ1) is 9.22. The molecule has 1 aromatic carbocycles. The summed E-state index contributed by atoms with van der Waals surface area (Å²) in [6.45, 7) is 4.85. The van der Waals surface area contributed by atoms with Crippen molar-refractivity contribution in [1.29, 1.82) is 0 Å². The fourth-order valence-electron chi connectivity index (χ4n) is 3.58. The summed E-state index contributed by atoms with van der Waals surface area (Å²) in [7, 11) is 0. The number of rotatable bonds is 3. The molecule has 0 spiro atoms. The Morgan fingerprint density at radius 3 is 2.79 bits per heavy atom. The number of halogens is 1. The van der Waals surface area contributed by atoms with Crippen LogP contribution in [0.2, 0.25) is 5.02 Å². The summed E-state index contributed by atoms with van der Waals surface area (Å²) in [6.07, 6.45) is 5.39. The molecule has 0 amide bonds. The smallest absolute Gasteiger partial charge is 0.0406 e. The van der Waals surface area contributed by atoms with Crippen molar-refractivity contribution in [3.05, 3.63) is 34.9 Å². The van der Waals surface area contributed by atoms with Crippen LogP contribution >= 0.6 is 11.6 Å². The molecule has 1 aromatic rings. The number of nitrogens with one attached hydrogen (secondary N) is 1. The summed E-state index contributed by atoms with van der Waals surface area (Å²) in [4.78, 5) is 2.67. The molecular weight excluding hydrogens is 256 g/mol. The van der Waals surface area contributed by atoms with Crippen LogP contribution in [0.5, 0.6) is 0 Å². The molecule has 3 unspecified atom stereocenters. The van der Waals surface area contributed by atoms with Gasteiger partial charge < -0.3 is 10.2 Å². The topological polar surface area (TPSA) is 15.3 Å². The van der Waals surface area contributed by atoms with Gasteiger partial charge in [-0.05, 0) is 63.4 Å². The van der Waals surface area contributed by atoms with E-state index in [2.05, 4.69) is 29.3 Å². The Hall–Kier alpha value is -0.570. The van der Waals surface area contributed by atoms with Crippen molar-refractivity contribution in [3.63, 3.8) is 0 Å². The van der Waals surface area contributed by atoms with Crippen molar-refractivity contribution < 1.29 is 0 Å². The van der Waals surface area contributed by atoms with Gasteiger partial charge in [-0.25, -0.2) is 0 Å². The first-order valence-corrected chi connectivity index (χ1v) is 7.86. The second kappa shape index (κ2) is 5.82. The van der Waals surface area contributed by atoms with E-state index in [4.69, 9.17) is 11.6 Å². The van der Waals surface area contributed by atoms with E-state index in [1.54, 1.807) is 0 Å². The third-order valence-corrected chi connectivity index (χ3v) is 4.93. The molecule has 0 radical (unpaired) electrons. The molecule has 2 nitrogen and oxygen atoms in total. The zero-order valence-corrected chi connectivity index (χ0v) is 12.4. The zero-order valence-electron chi connectivity index (χ0n) is 11.6. The first kappa shape index (κ1) is 13.4. The van der Waals surface area contributed by atoms with Gasteiger partial charge in [0.1, 0.15) is 0 Å². The maximum Gasteiger partial charge on any atom is 0.0406 e. The van der Waals surface area contributed by atoms with Crippen molar-refractivity contribution in [2.24, 2.45) is 0 Å². The summed E-state index contributed by atoms with van der Waals surface area (Å²) in [6, 6.07) is 10.1. The minimum atomic E-state index is 0.412. The number of hydrogen-bond acceptors (Lipinski definition) is 2. The number of piperidine rings is 1. The van der Waals surface area contributed by atoms with E-state index in [0.717, 1.165) is 11.1 Å². The molecule has 2 fully saturated rings. The Morgan fingerprint density at radius 1 is 1.21 bits per heavy atom. The monoisotopic (exact) mass is 278 g/mol. The third-order valence-electron chi connectivity index (χ3n) is 4.68. The van der Waals surface area contributed by atoms with Gasteiger partial charge in [0.15, 0.2) is 0 Å². The van der Waals surface area contributed by atoms with E-state index >= 15 is 0 Å². The van der Waals surface area contributed by atoms with Crippen molar-refractivity contribution >= 4 is 11.6 Å². The van der Waals surface area contributed by atoms with Crippen LogP contribution in [0.4, 0.5) is 0 Å². The summed E-state index contributed by atoms with van der Waals surface area (Å²) < 4.78 is 0. The SMILES string of the molecule is CC(NC1CCN2CCCC2C1)c1ccc(Cl)cc1. The molecule has 1 N–H and O–H groups in total. The van der Waals surface area contributed by atoms with Gasteiger partial charge in [0.05, 0.1) is 0 Å². The van der Waals surface area contributed by atoms with Gasteiger partial charge in [0.2, 0.25) is 0 Å². The Bertz CT molecular complexity index is 417. The molecule has 2 heterocycles. The van der Waals surface area contributed by atoms with Crippen LogP contribution in [-0.4, -0.2) is 30.1 Å². The summed E-state index contributed by atoms with van der Waals surface area (Å²) >= 11 is 5.94. The first-order valence-electron chi connectivity index (χ1n) is 7.48. The lowest BCUT2D eigenvalue weighted by atomic mass is 9.96. The lowest BCUT2D eigenvalue weighted by Gasteiger charge is -2.36. The third kappa shape index (κ3) is 3.13. The maximum atomic E-state index is 5.94. The predicted octanol–water partition coefficient (Wildman–Crippen LogP) is 3.62. The van der Waals surface area contributed by atoms with Crippen LogP contribution < -0.4 is 5.32 Å². The lowest BCUT2D eigenvalue weighted by Crippen LogP contribution is -2.46. The highest BCUT2D eigenvalue weighted by atomic mass is 35.5. The summed E-state index contributed by atoms with van der Waals surface area (Å²) in [5.74, 6) is 0. The van der Waals surface area contributed by atoms with Crippen LogP contribution in [0.15, 0.2) is 24.3 Å². The van der Waals surface area contributed by atoms with Gasteiger partial charge in [0.25, 0.3) is 0 Å². The van der Waals surface area contributed by atoms with E-state index < -0.39 is 0 Å². The normalized spacial score (nSPS) is 29.2. The number of benzene rings is 1. The van der Waals surface area contributed by atoms with Crippen LogP contribution in [0, 0.1) is 0 Å². The van der Waals surface area contributed by atoms with Gasteiger partial charge in [-0.3, -0.25) is 0 Å². The second-order valence-corrected chi connectivity index (χ2v) is 6.43. The van der Waals surface area contributed by atoms with E-state index in [-0.39, 0.29) is 0 Å². The predicted molar refractivity (Wildman–Crippen MR) is 80.6 cm³/mol. The number of fused-ring (bicyclic) bond motifs is 1. The Balaban J connectivity index is 1.57. The van der Waals surface area contributed by atoms with E-state index in [0.29, 0.717) is 12.1 Å². The van der Waals surface area contributed by atoms with Crippen molar-refractivity contribution in [3.8, 4) is 0 Å². The molecule has 3 rings (SSSR count). The molecule has 3 heteroatoms. The molecule has 0 aliphatic carbocycles. The number of nitrogens with zero attached hydrogens (tertiary/aromatic N) is 1. The highest BCUT2D eigenvalue weighted by molar-refractivity contribution is 6.30. The van der Waals surface area contributed by atoms with Crippen molar-refractivity contribution in [2.75, 3.05) is 13.1 Å². The van der Waals surface area contributed by atoms with Crippen LogP contribution in [-0.2, 0) is 0 Å². The Labute approximate surface area is 121 Å². The fraction of sp³-hybridized carbons (Fsp3) is 0.625. The molecule has 2 aliphatic heterocycles. The minimum absolute atomic E-state index is 0.412. The Morgan fingerprint density at radius 2 is 2.00 bits per heavy atom. The van der Waals surface area contributed by atoms with E-state index in [1.807, 2.05) is 12.1 Å². The van der Waals surface area contributed by atoms with E-state index in [9.17, 15) is 0 Å². The van der Waals surface area contributed by atoms with Gasteiger partial charge in [-0.2, -0.15) is 0 Å². The zero-order chi connectivity index (χ0) is 13.2. The lowest BCUT2D eigenvalue weighted by molar-refractivity contribution is 0.162. The molecule has 0 aromatic heterocycles. The molecule has 3 atom stereocenters. The summed E-state index contributed by atoms with van der Waals surface area (Å²) in [5.41, 5.74) is 1.33. The molecule has 104 valence electrons. The fourth-order valence-corrected chi connectivity index (χ4v) is 3.70. The van der Waals surface area contributed by atoms with Gasteiger partial charge in [-0.1, -0.05) is 23.7 Å². The number of hydrogen-bond donors (Lipinski definition) is 1. The largest absolute Gasteiger partial charge is 0.307 e. The Kier molecular flexibility index (Phi) is 4.11. The van der Waals surface area contributed by atoms with Crippen LogP contribution in [0.1, 0.15) is 44.2 Å². The molecule has 0 bridgehead atoms. The van der Waals surface area contributed by atoms with Crippen LogP contribution in [0.25, 0.3) is 0 Å². The van der Waals surface area contributed by atoms with Gasteiger partial charge in [0, 0.05) is 23.1 Å². The second-order valence-electron chi connectivity index (χ2n) is 5.99. The molecule has 19 heavy (non-hydrogen) atoms.